The van der Waals surface area contributed by atoms with Crippen LogP contribution in [0.1, 0.15) is 37.9 Å². The first-order valence-corrected chi connectivity index (χ1v) is 9.80. The molecule has 7 heteroatoms. The molecule has 1 atom stereocenters. The van der Waals surface area contributed by atoms with Crippen LogP contribution in [0.3, 0.4) is 0 Å². The van der Waals surface area contributed by atoms with Gasteiger partial charge in [-0.1, -0.05) is 49.3 Å². The van der Waals surface area contributed by atoms with Crippen LogP contribution in [0.4, 0.5) is 0 Å². The lowest BCUT2D eigenvalue weighted by molar-refractivity contribution is -0.122. The molecule has 0 saturated heterocycles. The number of thiophene rings is 1. The van der Waals surface area contributed by atoms with Crippen molar-refractivity contribution in [3.8, 4) is 10.7 Å². The van der Waals surface area contributed by atoms with E-state index in [2.05, 4.69) is 36.5 Å². The van der Waals surface area contributed by atoms with E-state index in [1.165, 1.54) is 21.5 Å². The molecule has 0 spiro atoms. The van der Waals surface area contributed by atoms with Gasteiger partial charge in [0.05, 0.1) is 10.9 Å². The molecule has 0 saturated carbocycles. The number of aromatic nitrogens is 2. The number of nitrogens with zero attached hydrogens (tertiary/aromatic N) is 2. The summed E-state index contributed by atoms with van der Waals surface area (Å²) in [5, 5.41) is 8.60. The second kappa shape index (κ2) is 8.35. The van der Waals surface area contributed by atoms with Crippen molar-refractivity contribution in [3.63, 3.8) is 0 Å². The first-order valence-electron chi connectivity index (χ1n) is 8.92. The fraction of sp³-hybridized carbons (Fsp3) is 0.350. The number of benzene rings is 1. The standard InChI is InChI=1S/C20H23N3O3S/c1-13(2)11-15-6-8-16(9-7-15)14(3)21-18(24)12-23-19(22-26-20(23)25)17-5-4-10-27-17/h4-10,13-14H,11-12H2,1-3H3,(H,21,24). The van der Waals surface area contributed by atoms with E-state index in [1.807, 2.05) is 36.6 Å². The molecule has 2 aromatic heterocycles. The Bertz CT molecular complexity index is 940. The van der Waals surface area contributed by atoms with Crippen LogP contribution in [0.2, 0.25) is 0 Å². The summed E-state index contributed by atoms with van der Waals surface area (Å²) in [5.41, 5.74) is 2.30. The first kappa shape index (κ1) is 19.1. The zero-order chi connectivity index (χ0) is 19.4. The Balaban J connectivity index is 1.66. The molecule has 1 aromatic carbocycles. The van der Waals surface area contributed by atoms with Crippen LogP contribution in [0.15, 0.2) is 51.1 Å². The largest absolute Gasteiger partial charge is 0.442 e. The van der Waals surface area contributed by atoms with Gasteiger partial charge in [-0.3, -0.25) is 9.32 Å². The van der Waals surface area contributed by atoms with Crippen molar-refractivity contribution in [2.45, 2.75) is 39.8 Å². The van der Waals surface area contributed by atoms with Crippen molar-refractivity contribution in [2.75, 3.05) is 0 Å². The minimum Gasteiger partial charge on any atom is -0.348 e. The molecule has 3 aromatic rings. The first-order chi connectivity index (χ1) is 12.9. The molecule has 0 aliphatic heterocycles. The fourth-order valence-corrected chi connectivity index (χ4v) is 3.63. The van der Waals surface area contributed by atoms with Crippen molar-refractivity contribution in [1.29, 1.82) is 0 Å². The van der Waals surface area contributed by atoms with Crippen LogP contribution in [-0.2, 0) is 17.8 Å². The molecule has 1 amide bonds. The zero-order valence-corrected chi connectivity index (χ0v) is 16.5. The number of hydrogen-bond donors (Lipinski definition) is 1. The summed E-state index contributed by atoms with van der Waals surface area (Å²) >= 11 is 1.43. The van der Waals surface area contributed by atoms with E-state index in [0.29, 0.717) is 11.7 Å². The Labute approximate surface area is 161 Å². The Morgan fingerprint density at radius 3 is 2.59 bits per heavy atom. The molecule has 0 aliphatic carbocycles. The number of amides is 1. The van der Waals surface area contributed by atoms with E-state index >= 15 is 0 Å². The highest BCUT2D eigenvalue weighted by Crippen LogP contribution is 2.21. The minimum atomic E-state index is -0.640. The van der Waals surface area contributed by atoms with Gasteiger partial charge in [0.2, 0.25) is 5.91 Å². The smallest absolute Gasteiger partial charge is 0.348 e. The molecule has 3 rings (SSSR count). The monoisotopic (exact) mass is 385 g/mol. The lowest BCUT2D eigenvalue weighted by Crippen LogP contribution is -2.33. The van der Waals surface area contributed by atoms with Gasteiger partial charge in [-0.25, -0.2) is 9.36 Å². The highest BCUT2D eigenvalue weighted by atomic mass is 32.1. The molecule has 142 valence electrons. The van der Waals surface area contributed by atoms with Crippen LogP contribution in [0.5, 0.6) is 0 Å². The van der Waals surface area contributed by atoms with Gasteiger partial charge in [-0.2, -0.15) is 0 Å². The lowest BCUT2D eigenvalue weighted by Gasteiger charge is -2.15. The molecule has 1 N–H and O–H groups in total. The predicted molar refractivity (Wildman–Crippen MR) is 106 cm³/mol. The van der Waals surface area contributed by atoms with Crippen molar-refractivity contribution in [3.05, 3.63) is 63.5 Å². The van der Waals surface area contributed by atoms with Crippen molar-refractivity contribution in [2.24, 2.45) is 5.92 Å². The Hall–Kier alpha value is -2.67. The molecular formula is C20H23N3O3S. The lowest BCUT2D eigenvalue weighted by atomic mass is 10.00. The van der Waals surface area contributed by atoms with Gasteiger partial charge in [0, 0.05) is 0 Å². The maximum absolute atomic E-state index is 12.4. The van der Waals surface area contributed by atoms with Crippen molar-refractivity contribution >= 4 is 17.2 Å². The quantitative estimate of drug-likeness (QED) is 0.674. The summed E-state index contributed by atoms with van der Waals surface area (Å²) in [4.78, 5) is 25.1. The molecule has 6 nitrogen and oxygen atoms in total. The van der Waals surface area contributed by atoms with Crippen LogP contribution in [0.25, 0.3) is 10.7 Å². The van der Waals surface area contributed by atoms with E-state index in [0.717, 1.165) is 16.9 Å². The molecule has 2 heterocycles. The van der Waals surface area contributed by atoms with Crippen molar-refractivity contribution in [1.82, 2.24) is 15.0 Å². The van der Waals surface area contributed by atoms with E-state index in [4.69, 9.17) is 4.52 Å². The fourth-order valence-electron chi connectivity index (χ4n) is 2.92. The number of carbonyl (C=O) groups is 1. The summed E-state index contributed by atoms with van der Waals surface area (Å²) < 4.78 is 5.99. The van der Waals surface area contributed by atoms with Crippen LogP contribution >= 0.6 is 11.3 Å². The predicted octanol–water partition coefficient (Wildman–Crippen LogP) is 3.64. The van der Waals surface area contributed by atoms with E-state index < -0.39 is 5.76 Å². The third-order valence-corrected chi connectivity index (χ3v) is 5.10. The summed E-state index contributed by atoms with van der Waals surface area (Å²) in [6.45, 7) is 6.17. The number of rotatable bonds is 7. The Morgan fingerprint density at radius 2 is 1.96 bits per heavy atom. The van der Waals surface area contributed by atoms with Gasteiger partial charge in [-0.05, 0) is 41.8 Å². The van der Waals surface area contributed by atoms with E-state index in [-0.39, 0.29) is 18.5 Å². The normalized spacial score (nSPS) is 12.3. The third-order valence-electron chi connectivity index (χ3n) is 4.23. The minimum absolute atomic E-state index is 0.134. The highest BCUT2D eigenvalue weighted by Gasteiger charge is 2.18. The summed E-state index contributed by atoms with van der Waals surface area (Å²) in [6.07, 6.45) is 1.03. The summed E-state index contributed by atoms with van der Waals surface area (Å²) in [7, 11) is 0. The van der Waals surface area contributed by atoms with Gasteiger partial charge in [0.25, 0.3) is 0 Å². The zero-order valence-electron chi connectivity index (χ0n) is 15.6. The molecule has 1 unspecified atom stereocenters. The van der Waals surface area contributed by atoms with Crippen LogP contribution in [0, 0.1) is 5.92 Å². The van der Waals surface area contributed by atoms with Gasteiger partial charge in [-0.15, -0.1) is 11.3 Å². The second-order valence-corrected chi connectivity index (χ2v) is 7.91. The topological polar surface area (TPSA) is 77.1 Å². The number of carbonyl (C=O) groups excluding carboxylic acids is 1. The maximum atomic E-state index is 12.4. The van der Waals surface area contributed by atoms with Gasteiger partial charge < -0.3 is 5.32 Å². The maximum Gasteiger partial charge on any atom is 0.442 e. The van der Waals surface area contributed by atoms with E-state index in [1.54, 1.807) is 0 Å². The van der Waals surface area contributed by atoms with Crippen LogP contribution < -0.4 is 11.1 Å². The van der Waals surface area contributed by atoms with Gasteiger partial charge in [0.1, 0.15) is 6.54 Å². The summed E-state index contributed by atoms with van der Waals surface area (Å²) in [6, 6.07) is 11.8. The molecule has 0 bridgehead atoms. The summed E-state index contributed by atoms with van der Waals surface area (Å²) in [5.74, 6) is 0.0688. The van der Waals surface area contributed by atoms with Gasteiger partial charge in [0.15, 0.2) is 5.82 Å². The van der Waals surface area contributed by atoms with E-state index in [9.17, 15) is 9.59 Å². The van der Waals surface area contributed by atoms with Crippen LogP contribution in [-0.4, -0.2) is 15.6 Å². The molecule has 0 fully saturated rings. The average Bonchev–Trinajstić information content (AvgIpc) is 3.25. The Morgan fingerprint density at radius 1 is 1.22 bits per heavy atom. The third kappa shape index (κ3) is 4.74. The second-order valence-electron chi connectivity index (χ2n) is 6.96. The SMILES string of the molecule is CC(C)Cc1ccc(C(C)NC(=O)Cn2c(-c3cccs3)noc2=O)cc1. The van der Waals surface area contributed by atoms with Crippen molar-refractivity contribution < 1.29 is 9.32 Å². The highest BCUT2D eigenvalue weighted by molar-refractivity contribution is 7.13. The number of nitrogens with one attached hydrogen (secondary N) is 1. The average molecular weight is 385 g/mol. The Kier molecular flexibility index (Phi) is 5.91. The molecule has 0 radical (unpaired) electrons. The molecule has 0 aliphatic rings. The molecule has 27 heavy (non-hydrogen) atoms. The molecular weight excluding hydrogens is 362 g/mol. The number of hydrogen-bond acceptors (Lipinski definition) is 5. The van der Waals surface area contributed by atoms with Gasteiger partial charge >= 0.3 is 5.76 Å².